The van der Waals surface area contributed by atoms with E-state index < -0.39 is 10.0 Å². The van der Waals surface area contributed by atoms with E-state index in [9.17, 15) is 8.42 Å². The molecule has 1 saturated carbocycles. The van der Waals surface area contributed by atoms with Crippen LogP contribution >= 0.6 is 11.6 Å². The fourth-order valence-electron chi connectivity index (χ4n) is 3.52. The number of pyridine rings is 1. The maximum absolute atomic E-state index is 12.6. The minimum atomic E-state index is -3.67. The molecule has 2 heterocycles. The predicted molar refractivity (Wildman–Crippen MR) is 101 cm³/mol. The van der Waals surface area contributed by atoms with Crippen molar-refractivity contribution >= 4 is 32.8 Å². The van der Waals surface area contributed by atoms with Gasteiger partial charge in [-0.2, -0.15) is 0 Å². The minimum absolute atomic E-state index is 0.113. The number of hydrogen-bond acceptors (Lipinski definition) is 4. The van der Waals surface area contributed by atoms with E-state index in [1.54, 1.807) is 18.3 Å². The van der Waals surface area contributed by atoms with Gasteiger partial charge in [-0.3, -0.25) is 0 Å². The zero-order chi connectivity index (χ0) is 18.1. The molecule has 0 unspecified atom stereocenters. The number of benzene rings is 1. The molecule has 6 nitrogen and oxygen atoms in total. The first kappa shape index (κ1) is 17.5. The van der Waals surface area contributed by atoms with Crippen molar-refractivity contribution < 1.29 is 8.42 Å². The van der Waals surface area contributed by atoms with Crippen LogP contribution in [0.1, 0.15) is 37.5 Å². The van der Waals surface area contributed by atoms with Gasteiger partial charge in [-0.25, -0.2) is 23.1 Å². The summed E-state index contributed by atoms with van der Waals surface area (Å²) in [4.78, 5) is 9.23. The topological polar surface area (TPSA) is 76.9 Å². The van der Waals surface area contributed by atoms with Crippen LogP contribution in [-0.2, 0) is 16.6 Å². The summed E-state index contributed by atoms with van der Waals surface area (Å²) in [6.45, 7) is 0.113. The Bertz CT molecular complexity index is 1040. The number of hydrogen-bond donors (Lipinski definition) is 1. The van der Waals surface area contributed by atoms with Gasteiger partial charge in [-0.1, -0.05) is 30.5 Å². The Kier molecular flexibility index (Phi) is 4.69. The lowest BCUT2D eigenvalue weighted by molar-refractivity contribution is 0.502. The maximum atomic E-state index is 12.6. The van der Waals surface area contributed by atoms with Crippen molar-refractivity contribution in [2.45, 2.75) is 43.2 Å². The number of sulfonamides is 1. The van der Waals surface area contributed by atoms with Gasteiger partial charge in [0.2, 0.25) is 10.0 Å². The monoisotopic (exact) mass is 390 g/mol. The van der Waals surface area contributed by atoms with E-state index in [4.69, 9.17) is 11.6 Å². The molecular weight excluding hydrogens is 372 g/mol. The Balaban J connectivity index is 1.66. The van der Waals surface area contributed by atoms with Crippen LogP contribution in [0, 0.1) is 0 Å². The highest BCUT2D eigenvalue weighted by atomic mass is 35.5. The Morgan fingerprint density at radius 1 is 1.19 bits per heavy atom. The Labute approximate surface area is 157 Å². The molecule has 26 heavy (non-hydrogen) atoms. The van der Waals surface area contributed by atoms with Gasteiger partial charge in [0, 0.05) is 17.3 Å². The third kappa shape index (κ3) is 3.34. The molecule has 0 aliphatic heterocycles. The standard InChI is InChI=1S/C18H19ClN4O2S/c19-13-5-3-8-15(11-13)26(24,25)21-12-17-22-16-9-4-10-20-18(16)23(17)14-6-1-2-7-14/h3-5,8-11,14,21H,1-2,6-7,12H2. The summed E-state index contributed by atoms with van der Waals surface area (Å²) < 4.78 is 29.9. The molecule has 136 valence electrons. The van der Waals surface area contributed by atoms with Crippen molar-refractivity contribution in [3.05, 3.63) is 53.4 Å². The molecule has 0 saturated heterocycles. The number of nitrogens with zero attached hydrogens (tertiary/aromatic N) is 3. The number of rotatable bonds is 5. The summed E-state index contributed by atoms with van der Waals surface area (Å²) in [5.41, 5.74) is 1.60. The quantitative estimate of drug-likeness (QED) is 0.720. The van der Waals surface area contributed by atoms with Crippen molar-refractivity contribution in [3.63, 3.8) is 0 Å². The Hall–Kier alpha value is -1.96. The van der Waals surface area contributed by atoms with E-state index in [1.165, 1.54) is 25.0 Å². The highest BCUT2D eigenvalue weighted by Crippen LogP contribution is 2.33. The number of halogens is 1. The van der Waals surface area contributed by atoms with Crippen LogP contribution in [-0.4, -0.2) is 23.0 Å². The largest absolute Gasteiger partial charge is 0.308 e. The molecule has 1 fully saturated rings. The second-order valence-electron chi connectivity index (χ2n) is 6.46. The highest BCUT2D eigenvalue weighted by molar-refractivity contribution is 7.89. The maximum Gasteiger partial charge on any atom is 0.241 e. The first-order valence-corrected chi connectivity index (χ1v) is 10.5. The molecule has 8 heteroatoms. The van der Waals surface area contributed by atoms with E-state index in [2.05, 4.69) is 19.3 Å². The fraction of sp³-hybridized carbons (Fsp3) is 0.333. The van der Waals surface area contributed by atoms with Gasteiger partial charge in [-0.05, 0) is 43.2 Å². The van der Waals surface area contributed by atoms with Crippen molar-refractivity contribution in [1.29, 1.82) is 0 Å². The molecule has 1 aromatic carbocycles. The number of fused-ring (bicyclic) bond motifs is 1. The lowest BCUT2D eigenvalue weighted by Crippen LogP contribution is -2.25. The average molecular weight is 391 g/mol. The summed E-state index contributed by atoms with van der Waals surface area (Å²) in [5.74, 6) is 0.691. The van der Waals surface area contributed by atoms with Crippen LogP contribution in [0.15, 0.2) is 47.5 Å². The summed E-state index contributed by atoms with van der Waals surface area (Å²) in [5, 5.41) is 0.385. The van der Waals surface area contributed by atoms with Crippen LogP contribution in [0.3, 0.4) is 0 Å². The van der Waals surface area contributed by atoms with Crippen molar-refractivity contribution in [3.8, 4) is 0 Å². The van der Waals surface area contributed by atoms with E-state index in [-0.39, 0.29) is 11.4 Å². The molecule has 0 bridgehead atoms. The van der Waals surface area contributed by atoms with Gasteiger partial charge in [0.25, 0.3) is 0 Å². The van der Waals surface area contributed by atoms with E-state index in [0.717, 1.165) is 24.0 Å². The average Bonchev–Trinajstić information content (AvgIpc) is 3.27. The van der Waals surface area contributed by atoms with Gasteiger partial charge < -0.3 is 4.57 Å². The summed E-state index contributed by atoms with van der Waals surface area (Å²) in [6.07, 6.45) is 6.22. The molecule has 4 rings (SSSR count). The molecule has 0 atom stereocenters. The number of nitrogens with one attached hydrogen (secondary N) is 1. The molecule has 2 aromatic heterocycles. The lowest BCUT2D eigenvalue weighted by atomic mass is 10.2. The third-order valence-electron chi connectivity index (χ3n) is 4.74. The van der Waals surface area contributed by atoms with Crippen LogP contribution in [0.25, 0.3) is 11.2 Å². The van der Waals surface area contributed by atoms with Crippen LogP contribution in [0.5, 0.6) is 0 Å². The van der Waals surface area contributed by atoms with E-state index in [1.807, 2.05) is 12.1 Å². The molecule has 0 radical (unpaired) electrons. The predicted octanol–water partition coefficient (Wildman–Crippen LogP) is 3.68. The second-order valence-corrected chi connectivity index (χ2v) is 8.67. The normalized spacial score (nSPS) is 15.7. The van der Waals surface area contributed by atoms with Gasteiger partial charge in [0.15, 0.2) is 5.65 Å². The Morgan fingerprint density at radius 3 is 2.77 bits per heavy atom. The summed E-state index contributed by atoms with van der Waals surface area (Å²) in [7, 11) is -3.67. The summed E-state index contributed by atoms with van der Waals surface area (Å²) >= 11 is 5.92. The van der Waals surface area contributed by atoms with Crippen molar-refractivity contribution in [2.75, 3.05) is 0 Å². The molecule has 1 N–H and O–H groups in total. The zero-order valence-electron chi connectivity index (χ0n) is 14.1. The first-order valence-electron chi connectivity index (χ1n) is 8.62. The molecule has 1 aliphatic rings. The van der Waals surface area contributed by atoms with Crippen LogP contribution in [0.2, 0.25) is 5.02 Å². The second kappa shape index (κ2) is 6.98. The third-order valence-corrected chi connectivity index (χ3v) is 6.37. The fourth-order valence-corrected chi connectivity index (χ4v) is 4.81. The van der Waals surface area contributed by atoms with E-state index in [0.29, 0.717) is 16.9 Å². The van der Waals surface area contributed by atoms with E-state index >= 15 is 0 Å². The molecule has 3 aromatic rings. The number of aromatic nitrogens is 3. The van der Waals surface area contributed by atoms with Crippen molar-refractivity contribution in [1.82, 2.24) is 19.3 Å². The smallest absolute Gasteiger partial charge is 0.241 e. The lowest BCUT2D eigenvalue weighted by Gasteiger charge is -2.16. The molecule has 1 aliphatic carbocycles. The van der Waals surface area contributed by atoms with Crippen LogP contribution in [0.4, 0.5) is 0 Å². The van der Waals surface area contributed by atoms with Crippen LogP contribution < -0.4 is 4.72 Å². The molecular formula is C18H19ClN4O2S. The molecule has 0 amide bonds. The SMILES string of the molecule is O=S(=O)(NCc1nc2cccnc2n1C1CCCC1)c1cccc(Cl)c1. The number of imidazole rings is 1. The van der Waals surface area contributed by atoms with Gasteiger partial charge in [0.1, 0.15) is 11.3 Å². The molecule has 0 spiro atoms. The minimum Gasteiger partial charge on any atom is -0.308 e. The Morgan fingerprint density at radius 2 is 2.00 bits per heavy atom. The van der Waals surface area contributed by atoms with Gasteiger partial charge >= 0.3 is 0 Å². The summed E-state index contributed by atoms with van der Waals surface area (Å²) in [6, 6.07) is 10.3. The zero-order valence-corrected chi connectivity index (χ0v) is 15.7. The van der Waals surface area contributed by atoms with Gasteiger partial charge in [0.05, 0.1) is 11.4 Å². The highest BCUT2D eigenvalue weighted by Gasteiger charge is 2.24. The first-order chi connectivity index (χ1) is 12.5. The van der Waals surface area contributed by atoms with Gasteiger partial charge in [-0.15, -0.1) is 0 Å². The van der Waals surface area contributed by atoms with Crippen molar-refractivity contribution in [2.24, 2.45) is 0 Å².